The Hall–Kier alpha value is -1.34. The number of primary amides is 1. The lowest BCUT2D eigenvalue weighted by Crippen LogP contribution is -2.55. The summed E-state index contributed by atoms with van der Waals surface area (Å²) < 4.78 is 5.26. The number of nitrogens with one attached hydrogen (secondary N) is 2. The number of nitrogens with two attached hydrogens (primary N) is 1. The van der Waals surface area contributed by atoms with E-state index in [9.17, 15) is 9.59 Å². The van der Waals surface area contributed by atoms with E-state index in [2.05, 4.69) is 15.5 Å². The van der Waals surface area contributed by atoms with Crippen molar-refractivity contribution in [2.45, 2.75) is 26.8 Å². The highest BCUT2D eigenvalue weighted by molar-refractivity contribution is 5.87. The molecule has 1 fully saturated rings. The van der Waals surface area contributed by atoms with Crippen LogP contribution >= 0.6 is 0 Å². The zero-order valence-electron chi connectivity index (χ0n) is 12.6. The lowest BCUT2D eigenvalue weighted by Gasteiger charge is -2.30. The Balaban J connectivity index is 2.39. The molecule has 0 saturated carbocycles. The van der Waals surface area contributed by atoms with E-state index in [4.69, 9.17) is 10.5 Å². The minimum Gasteiger partial charge on any atom is -0.379 e. The Morgan fingerprint density at radius 1 is 1.30 bits per heavy atom. The molecule has 1 heterocycles. The smallest absolute Gasteiger partial charge is 0.312 e. The molecule has 0 aromatic heterocycles. The molecule has 1 saturated heterocycles. The predicted octanol–water partition coefficient (Wildman–Crippen LogP) is -0.482. The van der Waals surface area contributed by atoms with Crippen molar-refractivity contribution in [3.8, 4) is 0 Å². The van der Waals surface area contributed by atoms with Crippen molar-refractivity contribution in [1.82, 2.24) is 15.5 Å². The van der Waals surface area contributed by atoms with Crippen LogP contribution in [0, 0.1) is 5.41 Å². The summed E-state index contributed by atoms with van der Waals surface area (Å²) in [7, 11) is 0. The van der Waals surface area contributed by atoms with Crippen LogP contribution in [0.1, 0.15) is 20.8 Å². The van der Waals surface area contributed by atoms with Gasteiger partial charge in [-0.15, -0.1) is 0 Å². The van der Waals surface area contributed by atoms with Crippen LogP contribution in [0.25, 0.3) is 0 Å². The zero-order valence-corrected chi connectivity index (χ0v) is 12.6. The quantitative estimate of drug-likeness (QED) is 0.636. The number of amides is 3. The summed E-state index contributed by atoms with van der Waals surface area (Å²) in [5.41, 5.74) is 4.73. The minimum absolute atomic E-state index is 0.204. The number of carbonyl (C=O) groups excluding carboxylic acids is 2. The van der Waals surface area contributed by atoms with E-state index in [0.717, 1.165) is 32.8 Å². The van der Waals surface area contributed by atoms with E-state index in [1.807, 2.05) is 20.8 Å². The van der Waals surface area contributed by atoms with Gasteiger partial charge < -0.3 is 21.1 Å². The standard InChI is InChI=1S/C13H26N4O3/c1-13(2,3)10(16-12(14)19)11(18)15-4-5-17-6-8-20-9-7-17/h10H,4-9H2,1-3H3,(H,15,18)(H3,14,16,19)/t10-/m1/s1. The number of rotatable bonds is 5. The Bertz CT molecular complexity index is 335. The van der Waals surface area contributed by atoms with Crippen LogP contribution in [0.5, 0.6) is 0 Å². The molecule has 1 rings (SSSR count). The van der Waals surface area contributed by atoms with Gasteiger partial charge in [0.1, 0.15) is 6.04 Å². The number of hydrogen-bond donors (Lipinski definition) is 3. The topological polar surface area (TPSA) is 96.7 Å². The third-order valence-electron chi connectivity index (χ3n) is 3.25. The molecule has 0 aromatic carbocycles. The Morgan fingerprint density at radius 3 is 2.40 bits per heavy atom. The van der Waals surface area contributed by atoms with Crippen molar-refractivity contribution in [3.63, 3.8) is 0 Å². The molecule has 1 atom stereocenters. The number of ether oxygens (including phenoxy) is 1. The maximum atomic E-state index is 12.1. The van der Waals surface area contributed by atoms with Gasteiger partial charge in [0.2, 0.25) is 5.91 Å². The van der Waals surface area contributed by atoms with Gasteiger partial charge in [-0.2, -0.15) is 0 Å². The van der Waals surface area contributed by atoms with E-state index in [0.29, 0.717) is 6.54 Å². The maximum Gasteiger partial charge on any atom is 0.312 e. The molecule has 0 bridgehead atoms. The summed E-state index contributed by atoms with van der Waals surface area (Å²) in [6, 6.07) is -1.32. The molecule has 4 N–H and O–H groups in total. The van der Waals surface area contributed by atoms with Gasteiger partial charge in [0, 0.05) is 26.2 Å². The fourth-order valence-corrected chi connectivity index (χ4v) is 2.08. The first-order chi connectivity index (χ1) is 9.30. The summed E-state index contributed by atoms with van der Waals surface area (Å²) in [4.78, 5) is 25.4. The fourth-order valence-electron chi connectivity index (χ4n) is 2.08. The number of nitrogens with zero attached hydrogens (tertiary/aromatic N) is 1. The van der Waals surface area contributed by atoms with Crippen LogP contribution in [0.2, 0.25) is 0 Å². The first kappa shape index (κ1) is 16.7. The van der Waals surface area contributed by atoms with E-state index < -0.39 is 17.5 Å². The van der Waals surface area contributed by atoms with Crippen molar-refractivity contribution in [1.29, 1.82) is 0 Å². The number of urea groups is 1. The monoisotopic (exact) mass is 286 g/mol. The lowest BCUT2D eigenvalue weighted by molar-refractivity contribution is -0.125. The second kappa shape index (κ2) is 7.44. The third-order valence-corrected chi connectivity index (χ3v) is 3.25. The van der Waals surface area contributed by atoms with Crippen molar-refractivity contribution in [3.05, 3.63) is 0 Å². The normalized spacial score (nSPS) is 18.4. The molecule has 0 aromatic rings. The molecule has 0 unspecified atom stereocenters. The van der Waals surface area contributed by atoms with Crippen LogP contribution in [-0.4, -0.2) is 62.3 Å². The molecule has 0 radical (unpaired) electrons. The van der Waals surface area contributed by atoms with Crippen LogP contribution in [0.15, 0.2) is 0 Å². The molecular formula is C13H26N4O3. The molecule has 1 aliphatic rings. The zero-order chi connectivity index (χ0) is 15.2. The third kappa shape index (κ3) is 5.75. The SMILES string of the molecule is CC(C)(C)[C@H](NC(N)=O)C(=O)NCCN1CCOCC1. The van der Waals surface area contributed by atoms with Gasteiger partial charge in [0.25, 0.3) is 0 Å². The largest absolute Gasteiger partial charge is 0.379 e. The Morgan fingerprint density at radius 2 is 1.90 bits per heavy atom. The van der Waals surface area contributed by atoms with Gasteiger partial charge in [-0.3, -0.25) is 9.69 Å². The van der Waals surface area contributed by atoms with E-state index in [-0.39, 0.29) is 5.91 Å². The highest BCUT2D eigenvalue weighted by atomic mass is 16.5. The Labute approximate surface area is 120 Å². The second-order valence-corrected chi connectivity index (χ2v) is 6.05. The number of hydrogen-bond acceptors (Lipinski definition) is 4. The molecule has 7 nitrogen and oxygen atoms in total. The summed E-state index contributed by atoms with van der Waals surface area (Å²) >= 11 is 0. The van der Waals surface area contributed by atoms with Crippen LogP contribution in [0.4, 0.5) is 4.79 Å². The van der Waals surface area contributed by atoms with Crippen molar-refractivity contribution in [2.24, 2.45) is 11.1 Å². The minimum atomic E-state index is -0.687. The second-order valence-electron chi connectivity index (χ2n) is 6.05. The number of morpholine rings is 1. The van der Waals surface area contributed by atoms with Crippen LogP contribution in [0.3, 0.4) is 0 Å². The molecule has 20 heavy (non-hydrogen) atoms. The average molecular weight is 286 g/mol. The van der Waals surface area contributed by atoms with Crippen molar-refractivity contribution >= 4 is 11.9 Å². The molecular weight excluding hydrogens is 260 g/mol. The van der Waals surface area contributed by atoms with E-state index >= 15 is 0 Å². The average Bonchev–Trinajstić information content (AvgIpc) is 2.35. The molecule has 3 amide bonds. The van der Waals surface area contributed by atoms with Gasteiger partial charge in [0.15, 0.2) is 0 Å². The maximum absolute atomic E-state index is 12.1. The van der Waals surface area contributed by atoms with Gasteiger partial charge in [-0.1, -0.05) is 20.8 Å². The fraction of sp³-hybridized carbons (Fsp3) is 0.846. The van der Waals surface area contributed by atoms with E-state index in [1.54, 1.807) is 0 Å². The highest BCUT2D eigenvalue weighted by Gasteiger charge is 2.32. The first-order valence-electron chi connectivity index (χ1n) is 6.94. The van der Waals surface area contributed by atoms with Gasteiger partial charge in [-0.05, 0) is 5.41 Å². The van der Waals surface area contributed by atoms with Crippen LogP contribution < -0.4 is 16.4 Å². The van der Waals surface area contributed by atoms with Crippen LogP contribution in [-0.2, 0) is 9.53 Å². The molecule has 1 aliphatic heterocycles. The highest BCUT2D eigenvalue weighted by Crippen LogP contribution is 2.19. The summed E-state index contributed by atoms with van der Waals surface area (Å²) in [5, 5.41) is 5.35. The van der Waals surface area contributed by atoms with Crippen molar-refractivity contribution < 1.29 is 14.3 Å². The number of carbonyl (C=O) groups is 2. The van der Waals surface area contributed by atoms with Gasteiger partial charge in [-0.25, -0.2) is 4.79 Å². The lowest BCUT2D eigenvalue weighted by atomic mass is 9.86. The summed E-state index contributed by atoms with van der Waals surface area (Å²) in [5.74, 6) is -0.204. The van der Waals surface area contributed by atoms with Gasteiger partial charge in [0.05, 0.1) is 13.2 Å². The summed E-state index contributed by atoms with van der Waals surface area (Å²) in [6.45, 7) is 10.2. The molecule has 0 aliphatic carbocycles. The molecule has 0 spiro atoms. The van der Waals surface area contributed by atoms with Gasteiger partial charge >= 0.3 is 6.03 Å². The van der Waals surface area contributed by atoms with E-state index in [1.165, 1.54) is 0 Å². The first-order valence-corrected chi connectivity index (χ1v) is 6.94. The molecule has 7 heteroatoms. The Kier molecular flexibility index (Phi) is 6.22. The molecule has 116 valence electrons. The van der Waals surface area contributed by atoms with Crippen molar-refractivity contribution in [2.75, 3.05) is 39.4 Å². The summed E-state index contributed by atoms with van der Waals surface area (Å²) in [6.07, 6.45) is 0. The predicted molar refractivity (Wildman–Crippen MR) is 76.2 cm³/mol.